The molecule has 0 saturated carbocycles. The molecule has 0 radical (unpaired) electrons. The van der Waals surface area contributed by atoms with Crippen molar-refractivity contribution in [3.63, 3.8) is 0 Å². The number of sulfonamides is 1. The van der Waals surface area contributed by atoms with E-state index in [0.717, 1.165) is 6.42 Å². The van der Waals surface area contributed by atoms with E-state index in [2.05, 4.69) is 5.32 Å². The molecule has 0 aromatic carbocycles. The van der Waals surface area contributed by atoms with Crippen LogP contribution < -0.4 is 5.32 Å². The molecule has 1 aliphatic rings. The van der Waals surface area contributed by atoms with Gasteiger partial charge in [-0.25, -0.2) is 12.7 Å². The fraction of sp³-hybridized carbons (Fsp3) is 0.900. The first-order valence-corrected chi connectivity index (χ1v) is 7.38. The number of rotatable bonds is 4. The molecule has 1 aliphatic heterocycles. The average molecular weight is 248 g/mol. The maximum atomic E-state index is 11.3. The SMILES string of the molecule is CC(C)C(=O)NCC1CCN(S(C)(=O)=O)C1. The van der Waals surface area contributed by atoms with Gasteiger partial charge in [0.1, 0.15) is 0 Å². The molecule has 5 nitrogen and oxygen atoms in total. The third-order valence-electron chi connectivity index (χ3n) is 2.81. The van der Waals surface area contributed by atoms with Crippen molar-refractivity contribution in [2.45, 2.75) is 20.3 Å². The molecule has 1 heterocycles. The number of carbonyl (C=O) groups is 1. The van der Waals surface area contributed by atoms with Crippen LogP contribution in [-0.4, -0.2) is 44.5 Å². The first-order valence-electron chi connectivity index (χ1n) is 5.53. The number of carbonyl (C=O) groups excluding carboxylic acids is 1. The lowest BCUT2D eigenvalue weighted by Crippen LogP contribution is -2.34. The zero-order valence-electron chi connectivity index (χ0n) is 10.1. The summed E-state index contributed by atoms with van der Waals surface area (Å²) in [5.41, 5.74) is 0. The maximum absolute atomic E-state index is 11.3. The van der Waals surface area contributed by atoms with E-state index in [0.29, 0.717) is 19.6 Å². The monoisotopic (exact) mass is 248 g/mol. The van der Waals surface area contributed by atoms with E-state index in [4.69, 9.17) is 0 Å². The van der Waals surface area contributed by atoms with E-state index in [-0.39, 0.29) is 17.7 Å². The fourth-order valence-corrected chi connectivity index (χ4v) is 2.63. The maximum Gasteiger partial charge on any atom is 0.222 e. The van der Waals surface area contributed by atoms with Crippen LogP contribution in [0.3, 0.4) is 0 Å². The van der Waals surface area contributed by atoms with E-state index in [9.17, 15) is 13.2 Å². The van der Waals surface area contributed by atoms with Gasteiger partial charge in [-0.2, -0.15) is 0 Å². The van der Waals surface area contributed by atoms with E-state index in [1.807, 2.05) is 13.8 Å². The zero-order chi connectivity index (χ0) is 12.3. The van der Waals surface area contributed by atoms with Gasteiger partial charge in [-0.1, -0.05) is 13.8 Å². The molecule has 1 rings (SSSR count). The molecule has 0 aromatic rings. The van der Waals surface area contributed by atoms with Gasteiger partial charge in [0.05, 0.1) is 6.26 Å². The number of amides is 1. The molecular formula is C10H20N2O3S. The molecule has 0 bridgehead atoms. The highest BCUT2D eigenvalue weighted by molar-refractivity contribution is 7.88. The summed E-state index contributed by atoms with van der Waals surface area (Å²) in [7, 11) is -3.07. The van der Waals surface area contributed by atoms with Crippen molar-refractivity contribution >= 4 is 15.9 Å². The van der Waals surface area contributed by atoms with Crippen LogP contribution in [0.1, 0.15) is 20.3 Å². The smallest absolute Gasteiger partial charge is 0.222 e. The Hall–Kier alpha value is -0.620. The molecule has 0 aromatic heterocycles. The Morgan fingerprint density at radius 3 is 2.56 bits per heavy atom. The minimum Gasteiger partial charge on any atom is -0.356 e. The van der Waals surface area contributed by atoms with Crippen molar-refractivity contribution in [3.05, 3.63) is 0 Å². The molecule has 1 saturated heterocycles. The lowest BCUT2D eigenvalue weighted by Gasteiger charge is -2.14. The van der Waals surface area contributed by atoms with Crippen LogP contribution in [0.25, 0.3) is 0 Å². The van der Waals surface area contributed by atoms with Crippen molar-refractivity contribution in [3.8, 4) is 0 Å². The number of nitrogens with one attached hydrogen (secondary N) is 1. The Labute approximate surface area is 97.2 Å². The van der Waals surface area contributed by atoms with Gasteiger partial charge in [-0.05, 0) is 12.3 Å². The van der Waals surface area contributed by atoms with Crippen LogP contribution in [0, 0.1) is 11.8 Å². The average Bonchev–Trinajstić information content (AvgIpc) is 2.61. The van der Waals surface area contributed by atoms with Crippen molar-refractivity contribution in [2.75, 3.05) is 25.9 Å². The van der Waals surface area contributed by atoms with Crippen LogP contribution in [0.4, 0.5) is 0 Å². The van der Waals surface area contributed by atoms with Gasteiger partial charge in [-0.15, -0.1) is 0 Å². The Balaban J connectivity index is 2.35. The zero-order valence-corrected chi connectivity index (χ0v) is 10.9. The standard InChI is InChI=1S/C10H20N2O3S/c1-8(2)10(13)11-6-9-4-5-12(7-9)16(3,14)15/h8-9H,4-7H2,1-3H3,(H,11,13). The largest absolute Gasteiger partial charge is 0.356 e. The lowest BCUT2D eigenvalue weighted by atomic mass is 10.1. The summed E-state index contributed by atoms with van der Waals surface area (Å²) >= 11 is 0. The third-order valence-corrected chi connectivity index (χ3v) is 4.08. The summed E-state index contributed by atoms with van der Waals surface area (Å²) in [6, 6.07) is 0. The quantitative estimate of drug-likeness (QED) is 0.764. The van der Waals surface area contributed by atoms with Gasteiger partial charge in [0.15, 0.2) is 0 Å². The predicted octanol–water partition coefficient (Wildman–Crippen LogP) is 0.0401. The van der Waals surface area contributed by atoms with E-state index in [1.165, 1.54) is 10.6 Å². The molecular weight excluding hydrogens is 228 g/mol. The van der Waals surface area contributed by atoms with Crippen molar-refractivity contribution in [2.24, 2.45) is 11.8 Å². The predicted molar refractivity (Wildman–Crippen MR) is 62.4 cm³/mol. The summed E-state index contributed by atoms with van der Waals surface area (Å²) in [4.78, 5) is 11.3. The summed E-state index contributed by atoms with van der Waals surface area (Å²) in [6.45, 7) is 5.35. The van der Waals surface area contributed by atoms with Gasteiger partial charge in [0.25, 0.3) is 0 Å². The molecule has 1 unspecified atom stereocenters. The van der Waals surface area contributed by atoms with Crippen LogP contribution in [-0.2, 0) is 14.8 Å². The van der Waals surface area contributed by atoms with Crippen molar-refractivity contribution in [1.29, 1.82) is 0 Å². The summed E-state index contributed by atoms with van der Waals surface area (Å²) in [5, 5.41) is 2.84. The highest BCUT2D eigenvalue weighted by Crippen LogP contribution is 2.17. The highest BCUT2D eigenvalue weighted by Gasteiger charge is 2.28. The molecule has 16 heavy (non-hydrogen) atoms. The second kappa shape index (κ2) is 5.14. The topological polar surface area (TPSA) is 66.5 Å². The first kappa shape index (κ1) is 13.4. The van der Waals surface area contributed by atoms with Gasteiger partial charge in [-0.3, -0.25) is 4.79 Å². The van der Waals surface area contributed by atoms with Gasteiger partial charge in [0, 0.05) is 25.6 Å². The second-order valence-electron chi connectivity index (χ2n) is 4.68. The Morgan fingerprint density at radius 1 is 1.50 bits per heavy atom. The van der Waals surface area contributed by atoms with Gasteiger partial charge in [0.2, 0.25) is 15.9 Å². The molecule has 94 valence electrons. The minimum absolute atomic E-state index is 0.0209. The van der Waals surface area contributed by atoms with Crippen LogP contribution in [0.15, 0.2) is 0 Å². The lowest BCUT2D eigenvalue weighted by molar-refractivity contribution is -0.124. The highest BCUT2D eigenvalue weighted by atomic mass is 32.2. The van der Waals surface area contributed by atoms with Crippen LogP contribution in [0.5, 0.6) is 0 Å². The van der Waals surface area contributed by atoms with E-state index >= 15 is 0 Å². The number of hydrogen-bond acceptors (Lipinski definition) is 3. The molecule has 6 heteroatoms. The normalized spacial score (nSPS) is 22.6. The molecule has 1 amide bonds. The fourth-order valence-electron chi connectivity index (χ4n) is 1.71. The third kappa shape index (κ3) is 3.75. The Morgan fingerprint density at radius 2 is 2.12 bits per heavy atom. The summed E-state index contributed by atoms with van der Waals surface area (Å²) in [6.07, 6.45) is 2.05. The van der Waals surface area contributed by atoms with E-state index in [1.54, 1.807) is 0 Å². The molecule has 1 atom stereocenters. The summed E-state index contributed by atoms with van der Waals surface area (Å²) < 4.78 is 24.0. The molecule has 1 fully saturated rings. The molecule has 1 N–H and O–H groups in total. The molecule has 0 aliphatic carbocycles. The van der Waals surface area contributed by atoms with Gasteiger partial charge >= 0.3 is 0 Å². The molecule has 0 spiro atoms. The van der Waals surface area contributed by atoms with Gasteiger partial charge < -0.3 is 5.32 Å². The van der Waals surface area contributed by atoms with Crippen LogP contribution in [0.2, 0.25) is 0 Å². The second-order valence-corrected chi connectivity index (χ2v) is 6.66. The van der Waals surface area contributed by atoms with Crippen molar-refractivity contribution in [1.82, 2.24) is 9.62 Å². The Bertz CT molecular complexity index is 351. The first-order chi connectivity index (χ1) is 7.30. The summed E-state index contributed by atoms with van der Waals surface area (Å²) in [5.74, 6) is 0.252. The van der Waals surface area contributed by atoms with Crippen LogP contribution >= 0.6 is 0 Å². The Kier molecular flexibility index (Phi) is 4.32. The number of nitrogens with zero attached hydrogens (tertiary/aromatic N) is 1. The van der Waals surface area contributed by atoms with Crippen molar-refractivity contribution < 1.29 is 13.2 Å². The number of hydrogen-bond donors (Lipinski definition) is 1. The minimum atomic E-state index is -3.07. The van der Waals surface area contributed by atoms with E-state index < -0.39 is 10.0 Å².